The van der Waals surface area contributed by atoms with Gasteiger partial charge in [-0.25, -0.2) is 0 Å². The Labute approximate surface area is 107 Å². The van der Waals surface area contributed by atoms with Crippen molar-refractivity contribution in [3.05, 3.63) is 24.1 Å². The lowest BCUT2D eigenvalue weighted by molar-refractivity contribution is 0.0937. The molecular weight excluding hydrogens is 231 g/mol. The van der Waals surface area contributed by atoms with Gasteiger partial charge < -0.3 is 9.64 Å². The molecule has 3 rings (SSSR count). The summed E-state index contributed by atoms with van der Waals surface area (Å²) in [5, 5.41) is 0. The van der Waals surface area contributed by atoms with Crippen LogP contribution in [-0.4, -0.2) is 35.6 Å². The first-order valence-corrected chi connectivity index (χ1v) is 6.81. The fourth-order valence-electron chi connectivity index (χ4n) is 2.50. The van der Waals surface area contributed by atoms with Gasteiger partial charge in [0.1, 0.15) is 6.10 Å². The Bertz CT molecular complexity index is 401. The fourth-order valence-corrected chi connectivity index (χ4v) is 2.50. The zero-order valence-corrected chi connectivity index (χ0v) is 10.5. The molecule has 2 aliphatic rings. The third-order valence-corrected chi connectivity index (χ3v) is 3.72. The molecule has 1 saturated carbocycles. The molecule has 98 valence electrons. The Morgan fingerprint density at radius 3 is 2.67 bits per heavy atom. The van der Waals surface area contributed by atoms with E-state index < -0.39 is 5.95 Å². The number of nitrogens with zero attached hydrogens (tertiary/aromatic N) is 2. The van der Waals surface area contributed by atoms with Crippen molar-refractivity contribution in [3.63, 3.8) is 0 Å². The average Bonchev–Trinajstić information content (AvgIpc) is 3.16. The van der Waals surface area contributed by atoms with E-state index in [1.807, 2.05) is 0 Å². The molecule has 0 unspecified atom stereocenters. The van der Waals surface area contributed by atoms with Crippen molar-refractivity contribution in [2.45, 2.75) is 31.8 Å². The van der Waals surface area contributed by atoms with Crippen LogP contribution in [0.3, 0.4) is 0 Å². The summed E-state index contributed by atoms with van der Waals surface area (Å²) in [7, 11) is 0. The number of piperidine rings is 1. The second-order valence-electron chi connectivity index (χ2n) is 5.36. The molecule has 2 fully saturated rings. The highest BCUT2D eigenvalue weighted by Gasteiger charge is 2.27. The van der Waals surface area contributed by atoms with Gasteiger partial charge in [0.15, 0.2) is 0 Å². The summed E-state index contributed by atoms with van der Waals surface area (Å²) >= 11 is 0. The number of rotatable bonds is 4. The number of ether oxygens (including phenoxy) is 1. The van der Waals surface area contributed by atoms with E-state index in [1.165, 1.54) is 25.5 Å². The smallest absolute Gasteiger partial charge is 0.216 e. The van der Waals surface area contributed by atoms with Crippen LogP contribution >= 0.6 is 0 Å². The maximum atomic E-state index is 12.9. The Kier molecular flexibility index (Phi) is 3.46. The number of aromatic nitrogens is 1. The van der Waals surface area contributed by atoms with Crippen molar-refractivity contribution < 1.29 is 9.13 Å². The van der Waals surface area contributed by atoms with Crippen molar-refractivity contribution in [2.24, 2.45) is 5.92 Å². The third-order valence-electron chi connectivity index (χ3n) is 3.72. The molecule has 4 heteroatoms. The first-order valence-electron chi connectivity index (χ1n) is 6.81. The highest BCUT2D eigenvalue weighted by Crippen LogP contribution is 2.30. The molecule has 3 nitrogen and oxygen atoms in total. The Hall–Kier alpha value is -1.16. The third kappa shape index (κ3) is 3.19. The Morgan fingerprint density at radius 1 is 1.22 bits per heavy atom. The molecule has 0 N–H and O–H groups in total. The highest BCUT2D eigenvalue weighted by atomic mass is 19.1. The van der Waals surface area contributed by atoms with Gasteiger partial charge in [0, 0.05) is 25.7 Å². The second kappa shape index (κ2) is 5.22. The van der Waals surface area contributed by atoms with Crippen LogP contribution < -0.4 is 4.74 Å². The quantitative estimate of drug-likeness (QED) is 0.768. The maximum absolute atomic E-state index is 12.9. The first-order chi connectivity index (χ1) is 8.79. The fraction of sp³-hybridized carbons (Fsp3) is 0.643. The van der Waals surface area contributed by atoms with Crippen LogP contribution in [0.15, 0.2) is 18.2 Å². The van der Waals surface area contributed by atoms with E-state index in [0.29, 0.717) is 5.88 Å². The molecule has 0 radical (unpaired) electrons. The topological polar surface area (TPSA) is 25.4 Å². The standard InChI is InChI=1S/C14H19FN2O/c15-13-2-1-3-14(16-13)18-12-6-8-17(9-7-12)10-11-4-5-11/h1-3,11-12H,4-10H2. The van der Waals surface area contributed by atoms with Crippen LogP contribution in [0.2, 0.25) is 0 Å². The number of halogens is 1. The predicted octanol–water partition coefficient (Wildman–Crippen LogP) is 2.47. The summed E-state index contributed by atoms with van der Waals surface area (Å²) < 4.78 is 18.7. The van der Waals surface area contributed by atoms with Crippen molar-refractivity contribution in [1.82, 2.24) is 9.88 Å². The lowest BCUT2D eigenvalue weighted by atomic mass is 10.1. The van der Waals surface area contributed by atoms with Crippen molar-refractivity contribution in [2.75, 3.05) is 19.6 Å². The van der Waals surface area contributed by atoms with E-state index in [9.17, 15) is 4.39 Å². The average molecular weight is 250 g/mol. The molecule has 1 aromatic heterocycles. The van der Waals surface area contributed by atoms with Gasteiger partial charge in [-0.2, -0.15) is 9.37 Å². The number of pyridine rings is 1. The van der Waals surface area contributed by atoms with Crippen LogP contribution in [0.25, 0.3) is 0 Å². The van der Waals surface area contributed by atoms with Crippen LogP contribution in [0.4, 0.5) is 4.39 Å². The number of hydrogen-bond acceptors (Lipinski definition) is 3. The lowest BCUT2D eigenvalue weighted by Gasteiger charge is -2.31. The summed E-state index contributed by atoms with van der Waals surface area (Å²) in [4.78, 5) is 6.27. The molecular formula is C14H19FN2O. The SMILES string of the molecule is Fc1cccc(OC2CCN(CC3CC3)CC2)n1. The largest absolute Gasteiger partial charge is 0.474 e. The zero-order valence-electron chi connectivity index (χ0n) is 10.5. The lowest BCUT2D eigenvalue weighted by Crippen LogP contribution is -2.39. The van der Waals surface area contributed by atoms with Crippen molar-refractivity contribution >= 4 is 0 Å². The molecule has 18 heavy (non-hydrogen) atoms. The number of hydrogen-bond donors (Lipinski definition) is 0. The Balaban J connectivity index is 1.47. The molecule has 1 aliphatic carbocycles. The predicted molar refractivity (Wildman–Crippen MR) is 67.0 cm³/mol. The van der Waals surface area contributed by atoms with Crippen LogP contribution in [0.5, 0.6) is 5.88 Å². The summed E-state index contributed by atoms with van der Waals surface area (Å²) in [5.74, 6) is 0.890. The number of likely N-dealkylation sites (tertiary alicyclic amines) is 1. The van der Waals surface area contributed by atoms with Crippen LogP contribution in [0, 0.1) is 11.9 Å². The summed E-state index contributed by atoms with van der Waals surface area (Å²) in [6, 6.07) is 4.70. The normalized spacial score (nSPS) is 22.1. The molecule has 0 amide bonds. The maximum Gasteiger partial charge on any atom is 0.216 e. The minimum absolute atomic E-state index is 0.190. The van der Waals surface area contributed by atoms with Gasteiger partial charge in [0.25, 0.3) is 0 Å². The van der Waals surface area contributed by atoms with Gasteiger partial charge >= 0.3 is 0 Å². The van der Waals surface area contributed by atoms with E-state index in [1.54, 1.807) is 12.1 Å². The van der Waals surface area contributed by atoms with E-state index in [-0.39, 0.29) is 6.10 Å². The molecule has 1 aromatic rings. The summed E-state index contributed by atoms with van der Waals surface area (Å²) in [6.07, 6.45) is 5.04. The molecule has 1 aliphatic heterocycles. The second-order valence-corrected chi connectivity index (χ2v) is 5.36. The van der Waals surface area contributed by atoms with Gasteiger partial charge in [0.2, 0.25) is 11.8 Å². The van der Waals surface area contributed by atoms with E-state index in [4.69, 9.17) is 4.74 Å². The highest BCUT2D eigenvalue weighted by molar-refractivity contribution is 5.10. The first kappa shape index (κ1) is 11.9. The monoisotopic (exact) mass is 250 g/mol. The minimum atomic E-state index is -0.473. The Morgan fingerprint density at radius 2 is 2.00 bits per heavy atom. The van der Waals surface area contributed by atoms with E-state index >= 15 is 0 Å². The van der Waals surface area contributed by atoms with Gasteiger partial charge in [-0.15, -0.1) is 0 Å². The molecule has 2 heterocycles. The minimum Gasteiger partial charge on any atom is -0.474 e. The summed E-state index contributed by atoms with van der Waals surface area (Å²) in [5.41, 5.74) is 0. The van der Waals surface area contributed by atoms with Gasteiger partial charge in [-0.3, -0.25) is 0 Å². The molecule has 0 atom stereocenters. The molecule has 1 saturated heterocycles. The van der Waals surface area contributed by atoms with Crippen LogP contribution in [-0.2, 0) is 0 Å². The van der Waals surface area contributed by atoms with E-state index in [0.717, 1.165) is 31.8 Å². The van der Waals surface area contributed by atoms with Gasteiger partial charge in [0.05, 0.1) is 0 Å². The molecule has 0 aromatic carbocycles. The molecule has 0 bridgehead atoms. The van der Waals surface area contributed by atoms with Gasteiger partial charge in [-0.05, 0) is 37.7 Å². The summed E-state index contributed by atoms with van der Waals surface area (Å²) in [6.45, 7) is 3.44. The van der Waals surface area contributed by atoms with Crippen molar-refractivity contribution in [3.8, 4) is 5.88 Å². The van der Waals surface area contributed by atoms with Crippen molar-refractivity contribution in [1.29, 1.82) is 0 Å². The van der Waals surface area contributed by atoms with Gasteiger partial charge in [-0.1, -0.05) is 6.07 Å². The van der Waals surface area contributed by atoms with E-state index in [2.05, 4.69) is 9.88 Å². The zero-order chi connectivity index (χ0) is 12.4. The molecule has 0 spiro atoms. The van der Waals surface area contributed by atoms with Crippen LogP contribution in [0.1, 0.15) is 25.7 Å².